The molecule has 1 atom stereocenters. The highest BCUT2D eigenvalue weighted by Crippen LogP contribution is 2.26. The van der Waals surface area contributed by atoms with Gasteiger partial charge in [0.05, 0.1) is 6.61 Å². The zero-order valence-corrected chi connectivity index (χ0v) is 13.9. The molecular formula is C15H26N2O3S. The van der Waals surface area contributed by atoms with E-state index in [0.717, 1.165) is 25.7 Å². The molecule has 0 amide bonds. The third kappa shape index (κ3) is 5.55. The van der Waals surface area contributed by atoms with Crippen LogP contribution < -0.4 is 15.2 Å². The minimum absolute atomic E-state index is 0.103. The van der Waals surface area contributed by atoms with E-state index in [4.69, 9.17) is 10.5 Å². The van der Waals surface area contributed by atoms with E-state index >= 15 is 0 Å². The molecule has 6 heteroatoms. The summed E-state index contributed by atoms with van der Waals surface area (Å²) in [6.45, 7) is 6.21. The molecule has 0 fully saturated rings. The zero-order chi connectivity index (χ0) is 15.9. The predicted octanol–water partition coefficient (Wildman–Crippen LogP) is 2.91. The molecule has 5 nitrogen and oxygen atoms in total. The van der Waals surface area contributed by atoms with E-state index < -0.39 is 10.0 Å². The molecule has 0 spiro atoms. The highest BCUT2D eigenvalue weighted by molar-refractivity contribution is 7.89. The lowest BCUT2D eigenvalue weighted by atomic mass is 10.1. The maximum atomic E-state index is 12.5. The molecule has 0 heterocycles. The summed E-state index contributed by atoms with van der Waals surface area (Å²) in [5.74, 6) is 0.333. The van der Waals surface area contributed by atoms with Crippen molar-refractivity contribution in [2.24, 2.45) is 0 Å². The van der Waals surface area contributed by atoms with Crippen LogP contribution in [0.2, 0.25) is 0 Å². The zero-order valence-electron chi connectivity index (χ0n) is 13.1. The van der Waals surface area contributed by atoms with Crippen LogP contribution in [0.3, 0.4) is 0 Å². The van der Waals surface area contributed by atoms with Crippen molar-refractivity contribution >= 4 is 15.7 Å². The van der Waals surface area contributed by atoms with Crippen molar-refractivity contribution in [3.63, 3.8) is 0 Å². The second-order valence-corrected chi connectivity index (χ2v) is 6.84. The molecule has 1 aromatic rings. The quantitative estimate of drug-likeness (QED) is 0.542. The Morgan fingerprint density at radius 3 is 2.62 bits per heavy atom. The molecular weight excluding hydrogens is 288 g/mol. The third-order valence-electron chi connectivity index (χ3n) is 3.15. The first-order valence-corrected chi connectivity index (χ1v) is 8.93. The van der Waals surface area contributed by atoms with Crippen LogP contribution in [0.1, 0.15) is 46.5 Å². The Balaban J connectivity index is 2.89. The van der Waals surface area contributed by atoms with Gasteiger partial charge in [0.1, 0.15) is 10.6 Å². The number of anilines is 1. The molecule has 0 bridgehead atoms. The number of sulfonamides is 1. The summed E-state index contributed by atoms with van der Waals surface area (Å²) in [5, 5.41) is 0. The van der Waals surface area contributed by atoms with Gasteiger partial charge in [-0.3, -0.25) is 0 Å². The summed E-state index contributed by atoms with van der Waals surface area (Å²) in [7, 11) is -3.63. The fraction of sp³-hybridized carbons (Fsp3) is 0.600. The van der Waals surface area contributed by atoms with Crippen molar-refractivity contribution in [1.29, 1.82) is 0 Å². The van der Waals surface area contributed by atoms with E-state index in [1.54, 1.807) is 12.1 Å². The SMILES string of the molecule is CCCCCC(C)NS(=O)(=O)c1cc(N)ccc1OCC. The van der Waals surface area contributed by atoms with E-state index in [1.165, 1.54) is 6.07 Å². The fourth-order valence-corrected chi connectivity index (χ4v) is 3.55. The fourth-order valence-electron chi connectivity index (χ4n) is 2.10. The molecule has 1 aromatic carbocycles. The van der Waals surface area contributed by atoms with E-state index in [2.05, 4.69) is 11.6 Å². The summed E-state index contributed by atoms with van der Waals surface area (Å²) in [6, 6.07) is 4.55. The summed E-state index contributed by atoms with van der Waals surface area (Å²) in [6.07, 6.45) is 4.05. The Kier molecular flexibility index (Phi) is 6.98. The monoisotopic (exact) mass is 314 g/mol. The lowest BCUT2D eigenvalue weighted by Gasteiger charge is -2.16. The summed E-state index contributed by atoms with van der Waals surface area (Å²) in [4.78, 5) is 0.103. The number of hydrogen-bond acceptors (Lipinski definition) is 4. The number of benzene rings is 1. The van der Waals surface area contributed by atoms with Crippen molar-refractivity contribution in [2.45, 2.75) is 57.4 Å². The van der Waals surface area contributed by atoms with Gasteiger partial charge in [-0.1, -0.05) is 26.2 Å². The number of rotatable bonds is 9. The Labute approximate surface area is 127 Å². The van der Waals surface area contributed by atoms with Gasteiger partial charge in [0, 0.05) is 11.7 Å². The molecule has 0 saturated heterocycles. The molecule has 0 aliphatic rings. The molecule has 1 unspecified atom stereocenters. The Morgan fingerprint density at radius 1 is 1.29 bits per heavy atom. The standard InChI is InChI=1S/C15H26N2O3S/c1-4-6-7-8-12(3)17-21(18,19)15-11-13(16)9-10-14(15)20-5-2/h9-12,17H,4-8,16H2,1-3H3. The van der Waals surface area contributed by atoms with Crippen LogP contribution in [0.4, 0.5) is 5.69 Å². The van der Waals surface area contributed by atoms with Crippen LogP contribution in [-0.4, -0.2) is 21.1 Å². The van der Waals surface area contributed by atoms with E-state index in [-0.39, 0.29) is 10.9 Å². The molecule has 0 radical (unpaired) electrons. The maximum Gasteiger partial charge on any atom is 0.244 e. The molecule has 21 heavy (non-hydrogen) atoms. The van der Waals surface area contributed by atoms with Gasteiger partial charge in [0.2, 0.25) is 10.0 Å². The van der Waals surface area contributed by atoms with Crippen LogP contribution in [-0.2, 0) is 10.0 Å². The van der Waals surface area contributed by atoms with Gasteiger partial charge in [0.25, 0.3) is 0 Å². The second kappa shape index (κ2) is 8.24. The molecule has 0 aliphatic carbocycles. The lowest BCUT2D eigenvalue weighted by Crippen LogP contribution is -2.32. The first-order valence-electron chi connectivity index (χ1n) is 7.45. The topological polar surface area (TPSA) is 81.4 Å². The van der Waals surface area contributed by atoms with Gasteiger partial charge in [-0.05, 0) is 38.5 Å². The average Bonchev–Trinajstić information content (AvgIpc) is 2.40. The number of unbranched alkanes of at least 4 members (excludes halogenated alkanes) is 2. The normalized spacial score (nSPS) is 13.1. The second-order valence-electron chi connectivity index (χ2n) is 5.16. The van der Waals surface area contributed by atoms with E-state index in [9.17, 15) is 8.42 Å². The molecule has 0 aliphatic heterocycles. The van der Waals surface area contributed by atoms with Gasteiger partial charge in [0.15, 0.2) is 0 Å². The number of hydrogen-bond donors (Lipinski definition) is 2. The van der Waals surface area contributed by atoms with E-state index in [0.29, 0.717) is 18.0 Å². The van der Waals surface area contributed by atoms with Crippen LogP contribution in [0.25, 0.3) is 0 Å². The van der Waals surface area contributed by atoms with Crippen LogP contribution >= 0.6 is 0 Å². The molecule has 1 rings (SSSR count). The Morgan fingerprint density at radius 2 is 2.00 bits per heavy atom. The van der Waals surface area contributed by atoms with Gasteiger partial charge in [-0.15, -0.1) is 0 Å². The number of nitrogen functional groups attached to an aromatic ring is 1. The predicted molar refractivity (Wildman–Crippen MR) is 85.9 cm³/mol. The highest BCUT2D eigenvalue weighted by atomic mass is 32.2. The summed E-state index contributed by atoms with van der Waals surface area (Å²) >= 11 is 0. The van der Waals surface area contributed by atoms with Crippen molar-refractivity contribution in [3.8, 4) is 5.75 Å². The van der Waals surface area contributed by atoms with Gasteiger partial charge < -0.3 is 10.5 Å². The van der Waals surface area contributed by atoms with E-state index in [1.807, 2.05) is 13.8 Å². The first kappa shape index (κ1) is 17.8. The summed E-state index contributed by atoms with van der Waals surface area (Å²) < 4.78 is 33.0. The van der Waals surface area contributed by atoms with Gasteiger partial charge in [-0.2, -0.15) is 0 Å². The van der Waals surface area contributed by atoms with Crippen molar-refractivity contribution < 1.29 is 13.2 Å². The molecule has 3 N–H and O–H groups in total. The maximum absolute atomic E-state index is 12.5. The van der Waals surface area contributed by atoms with Crippen LogP contribution in [0.5, 0.6) is 5.75 Å². The minimum atomic E-state index is -3.63. The smallest absolute Gasteiger partial charge is 0.244 e. The minimum Gasteiger partial charge on any atom is -0.492 e. The molecule has 0 saturated carbocycles. The van der Waals surface area contributed by atoms with Crippen molar-refractivity contribution in [3.05, 3.63) is 18.2 Å². The Hall–Kier alpha value is -1.27. The Bertz CT molecular complexity index is 544. The van der Waals surface area contributed by atoms with Crippen LogP contribution in [0, 0.1) is 0 Å². The van der Waals surface area contributed by atoms with Gasteiger partial charge >= 0.3 is 0 Å². The van der Waals surface area contributed by atoms with Crippen molar-refractivity contribution in [2.75, 3.05) is 12.3 Å². The average molecular weight is 314 g/mol. The third-order valence-corrected chi connectivity index (χ3v) is 4.76. The lowest BCUT2D eigenvalue weighted by molar-refractivity contribution is 0.331. The molecule has 120 valence electrons. The summed E-state index contributed by atoms with van der Waals surface area (Å²) in [5.41, 5.74) is 6.10. The number of nitrogens with one attached hydrogen (secondary N) is 1. The number of nitrogens with two attached hydrogens (primary N) is 1. The number of ether oxygens (including phenoxy) is 1. The largest absolute Gasteiger partial charge is 0.492 e. The van der Waals surface area contributed by atoms with Crippen LogP contribution in [0.15, 0.2) is 23.1 Å². The van der Waals surface area contributed by atoms with Crippen molar-refractivity contribution in [1.82, 2.24) is 4.72 Å². The highest BCUT2D eigenvalue weighted by Gasteiger charge is 2.22. The van der Waals surface area contributed by atoms with Gasteiger partial charge in [-0.25, -0.2) is 13.1 Å². The first-order chi connectivity index (χ1) is 9.90. The molecule has 0 aromatic heterocycles.